The van der Waals surface area contributed by atoms with Crippen molar-refractivity contribution in [2.24, 2.45) is 0 Å². The molecule has 0 aliphatic heterocycles. The number of unbranched alkanes of at least 4 members (excludes halogenated alkanes) is 27. The maximum atomic E-state index is 12.8. The molecule has 0 saturated carbocycles. The second kappa shape index (κ2) is 62.6. The Labute approximate surface area is 463 Å². The van der Waals surface area contributed by atoms with E-state index in [0.717, 1.165) is 116 Å². The van der Waals surface area contributed by atoms with Gasteiger partial charge in [-0.15, -0.1) is 0 Å². The Morgan fingerprint density at radius 2 is 0.520 bits per heavy atom. The number of allylic oxidation sites excluding steroid dienone is 18. The first-order chi connectivity index (χ1) is 37.0. The highest BCUT2D eigenvalue weighted by molar-refractivity contribution is 5.71. The smallest absolute Gasteiger partial charge is 0.306 e. The summed E-state index contributed by atoms with van der Waals surface area (Å²) in [5.41, 5.74) is 0. The lowest BCUT2D eigenvalue weighted by Crippen LogP contribution is -2.30. The molecule has 0 spiro atoms. The van der Waals surface area contributed by atoms with Crippen LogP contribution in [-0.2, 0) is 28.6 Å². The van der Waals surface area contributed by atoms with Crippen molar-refractivity contribution in [2.45, 2.75) is 297 Å². The lowest BCUT2D eigenvalue weighted by molar-refractivity contribution is -0.167. The molecule has 0 radical (unpaired) electrons. The summed E-state index contributed by atoms with van der Waals surface area (Å²) in [5, 5.41) is 0. The molecule has 0 aromatic rings. The Hall–Kier alpha value is -3.93. The second-order valence-corrected chi connectivity index (χ2v) is 20.6. The molecule has 0 bridgehead atoms. The molecular weight excluding hydrogens is 925 g/mol. The van der Waals surface area contributed by atoms with E-state index in [2.05, 4.69) is 130 Å². The lowest BCUT2D eigenvalue weighted by Gasteiger charge is -2.18. The van der Waals surface area contributed by atoms with Gasteiger partial charge in [-0.3, -0.25) is 14.4 Å². The Morgan fingerprint density at radius 1 is 0.280 bits per heavy atom. The van der Waals surface area contributed by atoms with Gasteiger partial charge in [0, 0.05) is 19.3 Å². The average molecular weight is 1040 g/mol. The minimum absolute atomic E-state index is 0.0814. The molecule has 0 fully saturated rings. The van der Waals surface area contributed by atoms with E-state index in [1.165, 1.54) is 135 Å². The third kappa shape index (κ3) is 60.8. The van der Waals surface area contributed by atoms with Gasteiger partial charge in [-0.2, -0.15) is 0 Å². The van der Waals surface area contributed by atoms with Crippen LogP contribution in [-0.4, -0.2) is 37.2 Å². The van der Waals surface area contributed by atoms with Gasteiger partial charge >= 0.3 is 17.9 Å². The molecule has 0 N–H and O–H groups in total. The number of hydrogen-bond donors (Lipinski definition) is 0. The fourth-order valence-corrected chi connectivity index (χ4v) is 8.57. The number of rotatable bonds is 56. The first kappa shape index (κ1) is 71.1. The highest BCUT2D eigenvalue weighted by Gasteiger charge is 2.19. The molecule has 428 valence electrons. The van der Waals surface area contributed by atoms with E-state index in [1.54, 1.807) is 0 Å². The maximum Gasteiger partial charge on any atom is 0.306 e. The zero-order chi connectivity index (χ0) is 54.3. The number of hydrogen-bond acceptors (Lipinski definition) is 6. The van der Waals surface area contributed by atoms with E-state index in [4.69, 9.17) is 14.2 Å². The first-order valence-corrected chi connectivity index (χ1v) is 31.4. The van der Waals surface area contributed by atoms with Crippen LogP contribution >= 0.6 is 0 Å². The molecule has 1 unspecified atom stereocenters. The number of esters is 3. The topological polar surface area (TPSA) is 78.9 Å². The quantitative estimate of drug-likeness (QED) is 0.0261. The highest BCUT2D eigenvalue weighted by atomic mass is 16.6. The van der Waals surface area contributed by atoms with Crippen molar-refractivity contribution in [1.29, 1.82) is 0 Å². The van der Waals surface area contributed by atoms with Crippen LogP contribution in [0.2, 0.25) is 0 Å². The van der Waals surface area contributed by atoms with Gasteiger partial charge in [-0.05, 0) is 109 Å². The monoisotopic (exact) mass is 1040 g/mol. The SMILES string of the molecule is CC/C=C\C/C=C\C/C=C\C/C=C\C/C=C\C/C=C\C/C=C\C/C=C\CCCCCCCCCCC(=O)OCC(COC(=O)CCCCCCCC)OC(=O)CCCCCCCCC/C=C\CCCCCCCCC. The van der Waals surface area contributed by atoms with Crippen molar-refractivity contribution in [3.63, 3.8) is 0 Å². The normalized spacial score (nSPS) is 12.8. The van der Waals surface area contributed by atoms with Gasteiger partial charge in [0.05, 0.1) is 0 Å². The first-order valence-electron chi connectivity index (χ1n) is 31.4. The predicted octanol–water partition coefficient (Wildman–Crippen LogP) is 21.4. The summed E-state index contributed by atoms with van der Waals surface area (Å²) < 4.78 is 16.8. The van der Waals surface area contributed by atoms with Crippen molar-refractivity contribution < 1.29 is 28.6 Å². The summed E-state index contributed by atoms with van der Waals surface area (Å²) in [6.45, 7) is 6.46. The Balaban J connectivity index is 4.11. The highest BCUT2D eigenvalue weighted by Crippen LogP contribution is 2.15. The van der Waals surface area contributed by atoms with Crippen molar-refractivity contribution in [3.05, 3.63) is 109 Å². The van der Waals surface area contributed by atoms with Crippen LogP contribution in [0.5, 0.6) is 0 Å². The van der Waals surface area contributed by atoms with Crippen molar-refractivity contribution in [3.8, 4) is 0 Å². The van der Waals surface area contributed by atoms with E-state index in [0.29, 0.717) is 19.3 Å². The molecule has 0 heterocycles. The molecule has 0 rings (SSSR count). The van der Waals surface area contributed by atoms with E-state index in [9.17, 15) is 14.4 Å². The predicted molar refractivity (Wildman–Crippen MR) is 325 cm³/mol. The Morgan fingerprint density at radius 3 is 0.827 bits per heavy atom. The van der Waals surface area contributed by atoms with Crippen molar-refractivity contribution in [2.75, 3.05) is 13.2 Å². The third-order valence-corrected chi connectivity index (χ3v) is 13.3. The van der Waals surface area contributed by atoms with Gasteiger partial charge in [0.25, 0.3) is 0 Å². The zero-order valence-corrected chi connectivity index (χ0v) is 49.0. The molecule has 0 amide bonds. The van der Waals surface area contributed by atoms with Crippen LogP contribution in [0.15, 0.2) is 109 Å². The summed E-state index contributed by atoms with van der Waals surface area (Å²) in [7, 11) is 0. The van der Waals surface area contributed by atoms with Gasteiger partial charge in [-0.25, -0.2) is 0 Å². The summed E-state index contributed by atoms with van der Waals surface area (Å²) in [6, 6.07) is 0. The second-order valence-electron chi connectivity index (χ2n) is 20.6. The molecular formula is C69H116O6. The molecule has 0 aromatic heterocycles. The standard InChI is InChI=1S/C69H116O6/c1-4-7-10-13-16-18-20-22-24-26-28-29-30-31-32-33-34-35-36-37-38-39-40-41-42-44-45-47-49-51-53-56-59-62-68(71)74-65-66(64-73-67(70)61-58-55-15-12-9-6-3)75-69(72)63-60-57-54-52-50-48-46-43-27-25-23-21-19-17-14-11-8-5-2/h7,10,16,18,22,24-25,27-29,31-32,34-35,37-38,40-41,66H,4-6,8-9,11-15,17,19-21,23,26,30,33,36,39,42-65H2,1-3H3/b10-7-,18-16-,24-22-,27-25-,29-28-,32-31-,35-34-,38-37-,41-40-. The van der Waals surface area contributed by atoms with Crippen LogP contribution in [0.4, 0.5) is 0 Å². The van der Waals surface area contributed by atoms with Crippen LogP contribution in [0.3, 0.4) is 0 Å². The summed E-state index contributed by atoms with van der Waals surface area (Å²) in [4.78, 5) is 38.0. The molecule has 6 nitrogen and oxygen atoms in total. The fraction of sp³-hybridized carbons (Fsp3) is 0.696. The number of carbonyl (C=O) groups is 3. The summed E-state index contributed by atoms with van der Waals surface area (Å²) >= 11 is 0. The molecule has 6 heteroatoms. The third-order valence-electron chi connectivity index (χ3n) is 13.3. The molecule has 0 aromatic carbocycles. The number of ether oxygens (including phenoxy) is 3. The van der Waals surface area contributed by atoms with E-state index in [1.807, 2.05) is 0 Å². The molecule has 1 atom stereocenters. The molecule has 0 saturated heterocycles. The minimum atomic E-state index is -0.781. The average Bonchev–Trinajstić information content (AvgIpc) is 3.41. The molecule has 0 aliphatic carbocycles. The zero-order valence-electron chi connectivity index (χ0n) is 49.0. The fourth-order valence-electron chi connectivity index (χ4n) is 8.57. The van der Waals surface area contributed by atoms with Crippen LogP contribution < -0.4 is 0 Å². The van der Waals surface area contributed by atoms with Crippen LogP contribution in [0.1, 0.15) is 290 Å². The lowest BCUT2D eigenvalue weighted by atomic mass is 10.1. The minimum Gasteiger partial charge on any atom is -0.462 e. The summed E-state index contributed by atoms with van der Waals surface area (Å²) in [6.07, 6.45) is 85.5. The van der Waals surface area contributed by atoms with Gasteiger partial charge in [0.1, 0.15) is 13.2 Å². The van der Waals surface area contributed by atoms with Gasteiger partial charge in [0.15, 0.2) is 6.10 Å². The van der Waals surface area contributed by atoms with E-state index in [-0.39, 0.29) is 31.1 Å². The van der Waals surface area contributed by atoms with Gasteiger partial charge < -0.3 is 14.2 Å². The van der Waals surface area contributed by atoms with E-state index >= 15 is 0 Å². The van der Waals surface area contributed by atoms with Crippen LogP contribution in [0.25, 0.3) is 0 Å². The van der Waals surface area contributed by atoms with E-state index < -0.39 is 6.10 Å². The summed E-state index contributed by atoms with van der Waals surface area (Å²) in [5.74, 6) is -0.900. The largest absolute Gasteiger partial charge is 0.462 e. The molecule has 75 heavy (non-hydrogen) atoms. The maximum absolute atomic E-state index is 12.8. The van der Waals surface area contributed by atoms with Crippen LogP contribution in [0, 0.1) is 0 Å². The van der Waals surface area contributed by atoms with Crippen molar-refractivity contribution >= 4 is 17.9 Å². The molecule has 0 aliphatic rings. The Kier molecular flexibility index (Phi) is 59.3. The Bertz CT molecular complexity index is 1520. The van der Waals surface area contributed by atoms with Gasteiger partial charge in [0.2, 0.25) is 0 Å². The van der Waals surface area contributed by atoms with Crippen molar-refractivity contribution in [1.82, 2.24) is 0 Å². The van der Waals surface area contributed by atoms with Gasteiger partial charge in [-0.1, -0.05) is 271 Å². The number of carbonyl (C=O) groups excluding carboxylic acids is 3.